The maximum absolute atomic E-state index is 13.1. The van der Waals surface area contributed by atoms with Gasteiger partial charge in [-0.1, -0.05) is 6.42 Å². The summed E-state index contributed by atoms with van der Waals surface area (Å²) in [5, 5.41) is 7.01. The van der Waals surface area contributed by atoms with E-state index in [9.17, 15) is 9.18 Å². The fraction of sp³-hybridized carbons (Fsp3) is 0.300. The van der Waals surface area contributed by atoms with Crippen molar-refractivity contribution in [3.63, 3.8) is 0 Å². The molecular formula is C20H20FN3OS. The molecule has 0 saturated heterocycles. The first kappa shape index (κ1) is 17.0. The molecule has 2 N–H and O–H groups in total. The predicted octanol–water partition coefficient (Wildman–Crippen LogP) is 5.00. The van der Waals surface area contributed by atoms with Crippen LogP contribution in [0, 0.1) is 5.82 Å². The van der Waals surface area contributed by atoms with Crippen molar-refractivity contribution in [2.75, 3.05) is 17.7 Å². The van der Waals surface area contributed by atoms with Crippen LogP contribution in [0.3, 0.4) is 0 Å². The Bertz CT molecular complexity index is 965. The number of rotatable bonds is 3. The average Bonchev–Trinajstić information content (AvgIpc) is 2.84. The molecule has 1 aliphatic carbocycles. The van der Waals surface area contributed by atoms with E-state index in [2.05, 4.69) is 16.7 Å². The lowest BCUT2D eigenvalue weighted by molar-refractivity contribution is 0.103. The first-order valence-corrected chi connectivity index (χ1v) is 9.67. The van der Waals surface area contributed by atoms with E-state index in [0.29, 0.717) is 10.6 Å². The largest absolute Gasteiger partial charge is 0.386 e. The number of aromatic nitrogens is 1. The Kier molecular flexibility index (Phi) is 4.59. The molecular weight excluding hydrogens is 349 g/mol. The Labute approximate surface area is 155 Å². The molecule has 1 aromatic carbocycles. The summed E-state index contributed by atoms with van der Waals surface area (Å²) in [4.78, 5) is 19.1. The monoisotopic (exact) mass is 369 g/mol. The van der Waals surface area contributed by atoms with Crippen LogP contribution in [0.4, 0.5) is 15.8 Å². The number of benzene rings is 1. The molecule has 0 spiro atoms. The Hall–Kier alpha value is -2.47. The van der Waals surface area contributed by atoms with Crippen LogP contribution in [0.25, 0.3) is 10.2 Å². The van der Waals surface area contributed by atoms with Gasteiger partial charge in [0.1, 0.15) is 15.5 Å². The number of hydrogen-bond donors (Lipinski definition) is 2. The van der Waals surface area contributed by atoms with E-state index in [0.717, 1.165) is 28.7 Å². The van der Waals surface area contributed by atoms with Crippen LogP contribution < -0.4 is 10.6 Å². The summed E-state index contributed by atoms with van der Waals surface area (Å²) in [6.07, 6.45) is 5.67. The molecule has 26 heavy (non-hydrogen) atoms. The summed E-state index contributed by atoms with van der Waals surface area (Å²) in [5.41, 5.74) is 3.85. The van der Waals surface area contributed by atoms with E-state index in [-0.39, 0.29) is 11.7 Å². The van der Waals surface area contributed by atoms with E-state index in [1.807, 2.05) is 7.05 Å². The summed E-state index contributed by atoms with van der Waals surface area (Å²) in [6.45, 7) is 0. The lowest BCUT2D eigenvalue weighted by Gasteiger charge is -2.07. The standard InChI is InChI=1S/C20H20FN3OS/c1-22-17-15-11-12-5-3-2-4-6-16(12)24-20(15)26-18(17)19(25)23-14-9-7-13(21)8-10-14/h7-11,22H,2-6H2,1H3,(H,23,25). The quantitative estimate of drug-likeness (QED) is 0.639. The molecule has 0 unspecified atom stereocenters. The SMILES string of the molecule is CNc1c(C(=O)Nc2ccc(F)cc2)sc2nc3c(cc12)CCCCC3. The van der Waals surface area contributed by atoms with Crippen molar-refractivity contribution < 1.29 is 9.18 Å². The number of hydrogen-bond acceptors (Lipinski definition) is 4. The smallest absolute Gasteiger partial charge is 0.267 e. The molecule has 6 heteroatoms. The van der Waals surface area contributed by atoms with Crippen LogP contribution in [-0.2, 0) is 12.8 Å². The summed E-state index contributed by atoms with van der Waals surface area (Å²) < 4.78 is 13.1. The predicted molar refractivity (Wildman–Crippen MR) is 105 cm³/mol. The van der Waals surface area contributed by atoms with Crippen LogP contribution in [0.15, 0.2) is 30.3 Å². The second-order valence-corrected chi connectivity index (χ2v) is 7.52. The normalized spacial score (nSPS) is 13.9. The lowest BCUT2D eigenvalue weighted by Crippen LogP contribution is -2.11. The Morgan fingerprint density at radius 2 is 1.92 bits per heavy atom. The van der Waals surface area contributed by atoms with E-state index in [1.165, 1.54) is 54.0 Å². The third-order valence-corrected chi connectivity index (χ3v) is 5.87. The van der Waals surface area contributed by atoms with Gasteiger partial charge in [-0.25, -0.2) is 9.37 Å². The van der Waals surface area contributed by atoms with Crippen molar-refractivity contribution >= 4 is 38.8 Å². The number of nitrogens with zero attached hydrogens (tertiary/aromatic N) is 1. The van der Waals surface area contributed by atoms with Gasteiger partial charge in [-0.3, -0.25) is 4.79 Å². The minimum atomic E-state index is -0.327. The number of carbonyl (C=O) groups excluding carboxylic acids is 1. The summed E-state index contributed by atoms with van der Waals surface area (Å²) in [5.74, 6) is -0.536. The number of amides is 1. The highest BCUT2D eigenvalue weighted by atomic mass is 32.1. The fourth-order valence-corrected chi connectivity index (χ4v) is 4.53. The van der Waals surface area contributed by atoms with Crippen LogP contribution in [0.1, 0.15) is 40.2 Å². The summed E-state index contributed by atoms with van der Waals surface area (Å²) in [6, 6.07) is 7.97. The number of nitrogens with one attached hydrogen (secondary N) is 2. The van der Waals surface area contributed by atoms with Gasteiger partial charge in [-0.15, -0.1) is 11.3 Å². The third-order valence-electron chi connectivity index (χ3n) is 4.77. The van der Waals surface area contributed by atoms with Gasteiger partial charge in [0.15, 0.2) is 0 Å². The van der Waals surface area contributed by atoms with Gasteiger partial charge in [0.05, 0.1) is 5.69 Å². The molecule has 134 valence electrons. The molecule has 3 aromatic rings. The van der Waals surface area contributed by atoms with Gasteiger partial charge >= 0.3 is 0 Å². The number of anilines is 2. The number of halogens is 1. The maximum atomic E-state index is 13.1. The number of aryl methyl sites for hydroxylation is 2. The zero-order chi connectivity index (χ0) is 18.1. The summed E-state index contributed by atoms with van der Waals surface area (Å²) in [7, 11) is 1.82. The lowest BCUT2D eigenvalue weighted by atomic mass is 10.1. The van der Waals surface area contributed by atoms with Crippen LogP contribution >= 0.6 is 11.3 Å². The fourth-order valence-electron chi connectivity index (χ4n) is 3.45. The van der Waals surface area contributed by atoms with Gasteiger partial charge in [0.2, 0.25) is 0 Å². The first-order valence-electron chi connectivity index (χ1n) is 8.85. The summed E-state index contributed by atoms with van der Waals surface area (Å²) >= 11 is 1.40. The molecule has 4 rings (SSSR count). The van der Waals surface area contributed by atoms with E-state index >= 15 is 0 Å². The maximum Gasteiger partial charge on any atom is 0.267 e. The molecule has 1 aliphatic rings. The highest BCUT2D eigenvalue weighted by Crippen LogP contribution is 2.37. The molecule has 0 saturated carbocycles. The molecule has 1 amide bonds. The van der Waals surface area contributed by atoms with Crippen LogP contribution in [-0.4, -0.2) is 17.9 Å². The molecule has 0 aliphatic heterocycles. The van der Waals surface area contributed by atoms with Crippen LogP contribution in [0.2, 0.25) is 0 Å². The van der Waals surface area contributed by atoms with Crippen molar-refractivity contribution in [1.29, 1.82) is 0 Å². The van der Waals surface area contributed by atoms with Crippen molar-refractivity contribution in [1.82, 2.24) is 4.98 Å². The Morgan fingerprint density at radius 3 is 2.69 bits per heavy atom. The second-order valence-electron chi connectivity index (χ2n) is 6.52. The van der Waals surface area contributed by atoms with Crippen molar-refractivity contribution in [3.8, 4) is 0 Å². The van der Waals surface area contributed by atoms with E-state index in [1.54, 1.807) is 12.1 Å². The molecule has 0 radical (unpaired) electrons. The van der Waals surface area contributed by atoms with Gasteiger partial charge in [0, 0.05) is 23.8 Å². The average molecular weight is 369 g/mol. The molecule has 4 nitrogen and oxygen atoms in total. The minimum absolute atomic E-state index is 0.209. The van der Waals surface area contributed by atoms with Gasteiger partial charge in [-0.2, -0.15) is 0 Å². The van der Waals surface area contributed by atoms with Crippen molar-refractivity contribution in [2.24, 2.45) is 0 Å². The Balaban J connectivity index is 1.72. The Morgan fingerprint density at radius 1 is 1.15 bits per heavy atom. The third kappa shape index (κ3) is 3.17. The zero-order valence-electron chi connectivity index (χ0n) is 14.6. The first-order chi connectivity index (χ1) is 12.7. The van der Waals surface area contributed by atoms with Gasteiger partial charge < -0.3 is 10.6 Å². The highest BCUT2D eigenvalue weighted by molar-refractivity contribution is 7.21. The van der Waals surface area contributed by atoms with Gasteiger partial charge in [0.25, 0.3) is 5.91 Å². The van der Waals surface area contributed by atoms with Crippen LogP contribution in [0.5, 0.6) is 0 Å². The second kappa shape index (κ2) is 7.03. The minimum Gasteiger partial charge on any atom is -0.386 e. The number of fused-ring (bicyclic) bond motifs is 2. The zero-order valence-corrected chi connectivity index (χ0v) is 15.4. The molecule has 2 heterocycles. The van der Waals surface area contributed by atoms with E-state index < -0.39 is 0 Å². The highest BCUT2D eigenvalue weighted by Gasteiger charge is 2.21. The van der Waals surface area contributed by atoms with E-state index in [4.69, 9.17) is 4.98 Å². The number of thiophene rings is 1. The molecule has 0 atom stereocenters. The topological polar surface area (TPSA) is 54.0 Å². The molecule has 2 aromatic heterocycles. The van der Waals surface area contributed by atoms with Gasteiger partial charge in [-0.05, 0) is 61.6 Å². The molecule has 0 bridgehead atoms. The van der Waals surface area contributed by atoms with Crippen molar-refractivity contribution in [2.45, 2.75) is 32.1 Å². The van der Waals surface area contributed by atoms with Crippen molar-refractivity contribution in [3.05, 3.63) is 52.3 Å². The number of pyridine rings is 1. The molecule has 0 fully saturated rings. The number of carbonyl (C=O) groups is 1.